The summed E-state index contributed by atoms with van der Waals surface area (Å²) in [7, 11) is -3.70. The number of rotatable bonds is 4. The fraction of sp³-hybridized carbons (Fsp3) is 0.450. The van der Waals surface area contributed by atoms with Gasteiger partial charge in [0.2, 0.25) is 15.9 Å². The summed E-state index contributed by atoms with van der Waals surface area (Å²) >= 11 is 2.77. The van der Waals surface area contributed by atoms with Gasteiger partial charge in [-0.15, -0.1) is 5.10 Å². The second-order valence-electron chi connectivity index (χ2n) is 9.24. The molecule has 1 aliphatic rings. The van der Waals surface area contributed by atoms with Crippen LogP contribution in [-0.2, 0) is 24.4 Å². The predicted octanol–water partition coefficient (Wildman–Crippen LogP) is 2.12. The summed E-state index contributed by atoms with van der Waals surface area (Å²) in [4.78, 5) is 34.0. The monoisotopic (exact) mass is 648 g/mol. The van der Waals surface area contributed by atoms with E-state index >= 15 is 0 Å². The molecule has 19 heteroatoms. The van der Waals surface area contributed by atoms with E-state index in [1.54, 1.807) is 20.8 Å². The van der Waals surface area contributed by atoms with Crippen LogP contribution >= 0.6 is 15.9 Å². The number of hydrogen-bond acceptors (Lipinski definition) is 8. The van der Waals surface area contributed by atoms with Gasteiger partial charge in [0, 0.05) is 5.56 Å². The summed E-state index contributed by atoms with van der Waals surface area (Å²) < 4.78 is 85.6. The third kappa shape index (κ3) is 7.84. The Balaban J connectivity index is 0.000000673. The van der Waals surface area contributed by atoms with Gasteiger partial charge in [0.25, 0.3) is 5.91 Å². The van der Waals surface area contributed by atoms with Crippen LogP contribution in [-0.4, -0.2) is 64.3 Å². The van der Waals surface area contributed by atoms with Crippen LogP contribution in [0.5, 0.6) is 0 Å². The lowest BCUT2D eigenvalue weighted by Crippen LogP contribution is -2.55. The van der Waals surface area contributed by atoms with E-state index in [1.807, 2.05) is 4.72 Å². The van der Waals surface area contributed by atoms with Gasteiger partial charge in [0.05, 0.1) is 22.1 Å². The van der Waals surface area contributed by atoms with Gasteiger partial charge >= 0.3 is 12.1 Å². The number of anilines is 1. The molecule has 1 aliphatic heterocycles. The zero-order valence-corrected chi connectivity index (χ0v) is 22.7. The quantitative estimate of drug-likeness (QED) is 0.219. The summed E-state index contributed by atoms with van der Waals surface area (Å²) in [6.45, 7) is 5.24. The lowest BCUT2D eigenvalue weighted by Gasteiger charge is -2.31. The molecule has 216 valence electrons. The predicted molar refractivity (Wildman–Crippen MR) is 128 cm³/mol. The van der Waals surface area contributed by atoms with E-state index in [0.29, 0.717) is 0 Å². The summed E-state index contributed by atoms with van der Waals surface area (Å²) in [6, 6.07) is -1.03. The molecule has 12 nitrogen and oxygen atoms in total. The van der Waals surface area contributed by atoms with Gasteiger partial charge in [0.1, 0.15) is 23.6 Å². The molecule has 2 atom stereocenters. The van der Waals surface area contributed by atoms with Crippen molar-refractivity contribution < 1.29 is 49.9 Å². The topological polar surface area (TPSA) is 186 Å². The highest BCUT2D eigenvalue weighted by Crippen LogP contribution is 2.35. The Kier molecular flexibility index (Phi) is 9.32. The number of carboxylic acid groups (broad SMARTS) is 1. The summed E-state index contributed by atoms with van der Waals surface area (Å²) in [5.41, 5.74) is 4.68. The van der Waals surface area contributed by atoms with E-state index in [9.17, 15) is 40.0 Å². The van der Waals surface area contributed by atoms with Crippen molar-refractivity contribution in [1.29, 1.82) is 0 Å². The minimum atomic E-state index is -5.08. The number of carbonyl (C=O) groups is 3. The Morgan fingerprint density at radius 3 is 2.33 bits per heavy atom. The average molecular weight is 649 g/mol. The molecule has 3 rings (SSSR count). The zero-order chi connectivity index (χ0) is 30.1. The lowest BCUT2D eigenvalue weighted by atomic mass is 9.86. The van der Waals surface area contributed by atoms with E-state index in [1.165, 1.54) is 10.9 Å². The van der Waals surface area contributed by atoms with Gasteiger partial charge in [-0.1, -0.05) is 26.0 Å². The van der Waals surface area contributed by atoms with Gasteiger partial charge in [-0.3, -0.25) is 14.3 Å². The second-order valence-corrected chi connectivity index (χ2v) is 11.9. The highest BCUT2D eigenvalue weighted by molar-refractivity contribution is 9.10. The molecular formula is C20H22BrF5N6O6S. The minimum Gasteiger partial charge on any atom is -0.475 e. The molecule has 2 heterocycles. The molecule has 2 unspecified atom stereocenters. The van der Waals surface area contributed by atoms with E-state index < -0.39 is 67.6 Å². The van der Waals surface area contributed by atoms with Crippen molar-refractivity contribution in [3.8, 4) is 11.3 Å². The first-order valence-electron chi connectivity index (χ1n) is 10.7. The lowest BCUT2D eigenvalue weighted by molar-refractivity contribution is -0.192. The number of nitrogens with zero attached hydrogens (tertiary/aromatic N) is 3. The number of benzene rings is 1. The number of nitrogens with two attached hydrogens (primary N) is 1. The van der Waals surface area contributed by atoms with Gasteiger partial charge < -0.3 is 16.2 Å². The maximum absolute atomic E-state index is 14.2. The highest BCUT2D eigenvalue weighted by Gasteiger charge is 2.39. The maximum Gasteiger partial charge on any atom is 0.490 e. The molecule has 1 saturated heterocycles. The third-order valence-electron chi connectivity index (χ3n) is 5.13. The first kappa shape index (κ1) is 31.9. The van der Waals surface area contributed by atoms with Crippen molar-refractivity contribution in [3.05, 3.63) is 28.4 Å². The van der Waals surface area contributed by atoms with Gasteiger partial charge in [-0.2, -0.15) is 13.2 Å². The fourth-order valence-electron chi connectivity index (χ4n) is 3.33. The molecule has 5 N–H and O–H groups in total. The van der Waals surface area contributed by atoms with Crippen LogP contribution in [0.25, 0.3) is 11.3 Å². The number of nitrogens with one attached hydrogen (secondary N) is 2. The number of alkyl halides is 3. The molecule has 2 aromatic rings. The van der Waals surface area contributed by atoms with Crippen molar-refractivity contribution in [3.63, 3.8) is 0 Å². The number of aromatic nitrogens is 3. The van der Waals surface area contributed by atoms with E-state index in [4.69, 9.17) is 15.6 Å². The number of halogens is 6. The molecule has 0 spiro atoms. The molecule has 0 bridgehead atoms. The number of sulfonamides is 1. The number of amides is 2. The molecule has 0 radical (unpaired) electrons. The average Bonchev–Trinajstić information content (AvgIpc) is 3.24. The van der Waals surface area contributed by atoms with Crippen LogP contribution in [0.15, 0.2) is 16.7 Å². The molecule has 1 aromatic carbocycles. The zero-order valence-electron chi connectivity index (χ0n) is 20.3. The van der Waals surface area contributed by atoms with Crippen molar-refractivity contribution in [2.75, 3.05) is 11.5 Å². The Bertz CT molecular complexity index is 1390. The van der Waals surface area contributed by atoms with Crippen molar-refractivity contribution >= 4 is 49.4 Å². The molecule has 1 fully saturated rings. The standard InChI is InChI=1S/C18H21BrF2N6O4S.C2HF3O2/c1-18(2,3)15(17(29)23-10-4-5-32(30,31)25-16(10)28)27-7-11(24-26-27)8-6-9(20)12(19)13(21)14(8)22;3-2(4,5)1(6)7/h6-7,10,15H,4-5,22H2,1-3H3,(H,23,29)(H,25,28);(H,6,7). The van der Waals surface area contributed by atoms with Crippen molar-refractivity contribution in [2.45, 2.75) is 45.5 Å². The normalized spacial score (nSPS) is 17.9. The number of aliphatic carboxylic acids is 1. The number of carbonyl (C=O) groups excluding carboxylic acids is 2. The number of nitrogen functional groups attached to an aromatic ring is 1. The summed E-state index contributed by atoms with van der Waals surface area (Å²) in [5.74, 6) is -6.37. The maximum atomic E-state index is 14.2. The molecule has 39 heavy (non-hydrogen) atoms. The van der Waals surface area contributed by atoms with Gasteiger partial charge in [-0.25, -0.2) is 26.7 Å². The number of carboxylic acids is 1. The van der Waals surface area contributed by atoms with Crippen LogP contribution in [0, 0.1) is 17.0 Å². The Morgan fingerprint density at radius 1 is 1.28 bits per heavy atom. The fourth-order valence-corrected chi connectivity index (χ4v) is 4.75. The smallest absolute Gasteiger partial charge is 0.475 e. The molecule has 1 aromatic heterocycles. The van der Waals surface area contributed by atoms with Crippen LogP contribution in [0.1, 0.15) is 33.2 Å². The van der Waals surface area contributed by atoms with Crippen molar-refractivity contribution in [2.24, 2.45) is 5.41 Å². The first-order chi connectivity index (χ1) is 17.7. The third-order valence-corrected chi connectivity index (χ3v) is 7.14. The molecule has 0 saturated carbocycles. The molecule has 0 aliphatic carbocycles. The van der Waals surface area contributed by atoms with Crippen molar-refractivity contribution in [1.82, 2.24) is 25.0 Å². The van der Waals surface area contributed by atoms with E-state index in [-0.39, 0.29) is 29.1 Å². The van der Waals surface area contributed by atoms with Crippen LogP contribution in [0.2, 0.25) is 0 Å². The van der Waals surface area contributed by atoms with Gasteiger partial charge in [-0.05, 0) is 33.8 Å². The van der Waals surface area contributed by atoms with E-state index in [2.05, 4.69) is 31.6 Å². The van der Waals surface area contributed by atoms with Crippen LogP contribution < -0.4 is 15.8 Å². The Hall–Kier alpha value is -3.35. The molecule has 2 amide bonds. The van der Waals surface area contributed by atoms with Crippen LogP contribution in [0.4, 0.5) is 27.6 Å². The summed E-state index contributed by atoms with van der Waals surface area (Å²) in [6.07, 6.45) is -3.84. The number of hydrogen-bond donors (Lipinski definition) is 4. The molecular weight excluding hydrogens is 627 g/mol. The largest absolute Gasteiger partial charge is 0.490 e. The van der Waals surface area contributed by atoms with Crippen LogP contribution in [0.3, 0.4) is 0 Å². The Labute approximate surface area is 226 Å². The minimum absolute atomic E-state index is 0.0383. The van der Waals surface area contributed by atoms with Gasteiger partial charge in [0.15, 0.2) is 5.82 Å². The van der Waals surface area contributed by atoms with E-state index in [0.717, 1.165) is 6.07 Å². The summed E-state index contributed by atoms with van der Waals surface area (Å²) in [5, 5.41) is 17.5. The SMILES string of the molecule is CC(C)(C)C(C(=O)NC1CCS(=O)(=O)NC1=O)n1cc(-c2cc(F)c(Br)c(F)c2N)nn1.O=C(O)C(F)(F)F. The first-order valence-corrected chi connectivity index (χ1v) is 13.1. The second kappa shape index (κ2) is 11.4. The Morgan fingerprint density at radius 2 is 1.85 bits per heavy atom. The highest BCUT2D eigenvalue weighted by atomic mass is 79.9.